The first-order chi connectivity index (χ1) is 11.9. The Bertz CT molecular complexity index is 649. The van der Waals surface area contributed by atoms with Gasteiger partial charge in [0.25, 0.3) is 0 Å². The number of amides is 2. The number of nitrogens with one attached hydrogen (secondary N) is 1. The molecule has 8 heteroatoms. The second-order valence-electron chi connectivity index (χ2n) is 6.45. The molecule has 1 atom stereocenters. The molecule has 1 aliphatic heterocycles. The first-order valence-electron chi connectivity index (χ1n) is 8.45. The number of carbonyl (C=O) groups excluding carboxylic acids is 1. The molecule has 1 aromatic rings. The van der Waals surface area contributed by atoms with Crippen molar-refractivity contribution < 1.29 is 17.9 Å². The Morgan fingerprint density at radius 2 is 1.96 bits per heavy atom. The van der Waals surface area contributed by atoms with Crippen LogP contribution in [0.25, 0.3) is 0 Å². The number of carbonyl (C=O) groups is 1. The number of likely N-dealkylation sites (N-methyl/N-ethyl adjacent to an activating group) is 1. The van der Waals surface area contributed by atoms with Gasteiger partial charge in [-0.3, -0.25) is 0 Å². The number of hydrogen-bond acceptors (Lipinski definition) is 5. The molecular weight excluding hydrogens is 342 g/mol. The lowest BCUT2D eigenvalue weighted by Gasteiger charge is -2.29. The molecule has 1 N–H and O–H groups in total. The molecule has 0 radical (unpaired) electrons. The average Bonchev–Trinajstić information content (AvgIpc) is 2.92. The molecule has 1 fully saturated rings. The van der Waals surface area contributed by atoms with Crippen LogP contribution in [-0.4, -0.2) is 82.1 Å². The lowest BCUT2D eigenvalue weighted by Crippen LogP contribution is -2.49. The van der Waals surface area contributed by atoms with Gasteiger partial charge < -0.3 is 19.9 Å². The predicted octanol–water partition coefficient (Wildman–Crippen LogP) is 0.826. The summed E-state index contributed by atoms with van der Waals surface area (Å²) in [6, 6.07) is 8.91. The molecule has 0 bridgehead atoms. The van der Waals surface area contributed by atoms with E-state index in [0.29, 0.717) is 32.7 Å². The van der Waals surface area contributed by atoms with Crippen LogP contribution < -0.4 is 10.1 Å². The summed E-state index contributed by atoms with van der Waals surface area (Å²) in [4.78, 5) is 16.1. The summed E-state index contributed by atoms with van der Waals surface area (Å²) in [7, 11) is 0.818. The van der Waals surface area contributed by atoms with Crippen molar-refractivity contribution in [3.63, 3.8) is 0 Å². The quantitative estimate of drug-likeness (QED) is 0.687. The van der Waals surface area contributed by atoms with E-state index in [1.807, 2.05) is 49.3 Å². The Hall–Kier alpha value is -1.80. The molecule has 2 rings (SSSR count). The minimum Gasteiger partial charge on any atom is -0.492 e. The molecule has 7 nitrogen and oxygen atoms in total. The molecule has 0 aromatic heterocycles. The van der Waals surface area contributed by atoms with Crippen LogP contribution in [0.5, 0.6) is 5.75 Å². The van der Waals surface area contributed by atoms with Gasteiger partial charge in [-0.25, -0.2) is 13.2 Å². The van der Waals surface area contributed by atoms with Gasteiger partial charge in [-0.2, -0.15) is 0 Å². The first-order valence-corrected chi connectivity index (χ1v) is 10.3. The topological polar surface area (TPSA) is 79.0 Å². The Morgan fingerprint density at radius 3 is 2.56 bits per heavy atom. The van der Waals surface area contributed by atoms with Gasteiger partial charge in [0.2, 0.25) is 0 Å². The van der Waals surface area contributed by atoms with Crippen molar-refractivity contribution in [1.82, 2.24) is 15.1 Å². The van der Waals surface area contributed by atoms with Gasteiger partial charge in [0.05, 0.1) is 18.1 Å². The molecule has 1 aromatic carbocycles. The summed E-state index contributed by atoms with van der Waals surface area (Å²) in [6.07, 6.45) is 0.504. The molecular formula is C17H27N3O4S. The molecule has 1 heterocycles. The third kappa shape index (κ3) is 6.55. The van der Waals surface area contributed by atoms with E-state index in [4.69, 9.17) is 4.74 Å². The van der Waals surface area contributed by atoms with Crippen LogP contribution in [0, 0.1) is 0 Å². The molecule has 25 heavy (non-hydrogen) atoms. The SMILES string of the molecule is CN(C)CCN(C(=O)NCCOc1ccccc1)C1CCS(=O)(=O)C1. The van der Waals surface area contributed by atoms with Gasteiger partial charge in [0.15, 0.2) is 9.84 Å². The number of para-hydroxylation sites is 1. The zero-order chi connectivity index (χ0) is 18.3. The maximum Gasteiger partial charge on any atom is 0.317 e. The predicted molar refractivity (Wildman–Crippen MR) is 97.7 cm³/mol. The number of urea groups is 1. The van der Waals surface area contributed by atoms with Gasteiger partial charge >= 0.3 is 6.03 Å². The molecule has 1 aliphatic rings. The smallest absolute Gasteiger partial charge is 0.317 e. The van der Waals surface area contributed by atoms with Gasteiger partial charge in [0.1, 0.15) is 12.4 Å². The van der Waals surface area contributed by atoms with E-state index < -0.39 is 9.84 Å². The van der Waals surface area contributed by atoms with Crippen LogP contribution in [0.3, 0.4) is 0 Å². The minimum atomic E-state index is -3.03. The highest BCUT2D eigenvalue weighted by molar-refractivity contribution is 7.91. The van der Waals surface area contributed by atoms with Crippen LogP contribution >= 0.6 is 0 Å². The second-order valence-corrected chi connectivity index (χ2v) is 8.68. The summed E-state index contributed by atoms with van der Waals surface area (Å²) < 4.78 is 29.0. The van der Waals surface area contributed by atoms with Crippen molar-refractivity contribution in [1.29, 1.82) is 0 Å². The van der Waals surface area contributed by atoms with Crippen molar-refractivity contribution in [2.75, 3.05) is 51.8 Å². The van der Waals surface area contributed by atoms with E-state index in [-0.39, 0.29) is 23.6 Å². The van der Waals surface area contributed by atoms with Crippen LogP contribution in [0.4, 0.5) is 4.79 Å². The largest absolute Gasteiger partial charge is 0.492 e. The van der Waals surface area contributed by atoms with Gasteiger partial charge in [0, 0.05) is 19.1 Å². The van der Waals surface area contributed by atoms with E-state index in [1.165, 1.54) is 0 Å². The number of ether oxygens (including phenoxy) is 1. The summed E-state index contributed by atoms with van der Waals surface area (Å²) in [5, 5.41) is 2.83. The van der Waals surface area contributed by atoms with Crippen LogP contribution in [0.2, 0.25) is 0 Å². The maximum atomic E-state index is 12.5. The summed E-state index contributed by atoms with van der Waals surface area (Å²) >= 11 is 0. The van der Waals surface area contributed by atoms with Gasteiger partial charge in [-0.15, -0.1) is 0 Å². The number of sulfone groups is 1. The van der Waals surface area contributed by atoms with Crippen LogP contribution in [-0.2, 0) is 9.84 Å². The number of nitrogens with zero attached hydrogens (tertiary/aromatic N) is 2. The number of benzene rings is 1. The van der Waals surface area contributed by atoms with Crippen molar-refractivity contribution in [2.45, 2.75) is 12.5 Å². The van der Waals surface area contributed by atoms with Gasteiger partial charge in [-0.05, 0) is 32.6 Å². The lowest BCUT2D eigenvalue weighted by molar-refractivity contribution is 0.171. The fourth-order valence-corrected chi connectivity index (χ4v) is 4.45. The number of rotatable bonds is 8. The summed E-state index contributed by atoms with van der Waals surface area (Å²) in [5.41, 5.74) is 0. The fraction of sp³-hybridized carbons (Fsp3) is 0.588. The van der Waals surface area contributed by atoms with E-state index in [1.54, 1.807) is 4.90 Å². The monoisotopic (exact) mass is 369 g/mol. The maximum absolute atomic E-state index is 12.5. The molecule has 0 spiro atoms. The molecule has 1 saturated heterocycles. The zero-order valence-corrected chi connectivity index (χ0v) is 15.7. The zero-order valence-electron chi connectivity index (χ0n) is 14.8. The second kappa shape index (κ2) is 9.05. The Labute approximate surface area is 149 Å². The van der Waals surface area contributed by atoms with Crippen molar-refractivity contribution in [2.24, 2.45) is 0 Å². The highest BCUT2D eigenvalue weighted by Gasteiger charge is 2.34. The molecule has 1 unspecified atom stereocenters. The van der Waals surface area contributed by atoms with Gasteiger partial charge in [-0.1, -0.05) is 18.2 Å². The van der Waals surface area contributed by atoms with Crippen molar-refractivity contribution in [3.05, 3.63) is 30.3 Å². The third-order valence-corrected chi connectivity index (χ3v) is 5.84. The Kier molecular flexibility index (Phi) is 7.07. The lowest BCUT2D eigenvalue weighted by atomic mass is 10.2. The molecule has 2 amide bonds. The Balaban J connectivity index is 1.84. The molecule has 140 valence electrons. The van der Waals surface area contributed by atoms with E-state index in [0.717, 1.165) is 5.75 Å². The highest BCUT2D eigenvalue weighted by Crippen LogP contribution is 2.18. The van der Waals surface area contributed by atoms with Crippen molar-refractivity contribution >= 4 is 15.9 Å². The minimum absolute atomic E-state index is 0.0500. The highest BCUT2D eigenvalue weighted by atomic mass is 32.2. The standard InChI is InChI=1S/C17H27N3O4S/c1-19(2)10-11-20(15-8-13-25(22,23)14-15)17(21)18-9-12-24-16-6-4-3-5-7-16/h3-7,15H,8-14H2,1-2H3,(H,18,21). The Morgan fingerprint density at radius 1 is 1.24 bits per heavy atom. The average molecular weight is 369 g/mol. The molecule has 0 aliphatic carbocycles. The van der Waals surface area contributed by atoms with Crippen molar-refractivity contribution in [3.8, 4) is 5.75 Å². The summed E-state index contributed by atoms with van der Waals surface area (Å²) in [6.45, 7) is 1.91. The molecule has 0 saturated carbocycles. The first kappa shape index (κ1) is 19.5. The number of hydrogen-bond donors (Lipinski definition) is 1. The fourth-order valence-electron chi connectivity index (χ4n) is 2.72. The van der Waals surface area contributed by atoms with Crippen LogP contribution in [0.1, 0.15) is 6.42 Å². The summed E-state index contributed by atoms with van der Waals surface area (Å²) in [5.74, 6) is 0.956. The normalized spacial score (nSPS) is 18.9. The third-order valence-electron chi connectivity index (χ3n) is 4.09. The van der Waals surface area contributed by atoms with E-state index in [9.17, 15) is 13.2 Å². The van der Waals surface area contributed by atoms with E-state index in [2.05, 4.69) is 5.32 Å². The van der Waals surface area contributed by atoms with Crippen LogP contribution in [0.15, 0.2) is 30.3 Å². The van der Waals surface area contributed by atoms with E-state index >= 15 is 0 Å².